The quantitative estimate of drug-likeness (QED) is 0.804. The summed E-state index contributed by atoms with van der Waals surface area (Å²) >= 11 is 0. The maximum atomic E-state index is 11.7. The van der Waals surface area contributed by atoms with Crippen LogP contribution in [0.3, 0.4) is 0 Å². The topological polar surface area (TPSA) is 93.2 Å². The van der Waals surface area contributed by atoms with Gasteiger partial charge >= 0.3 is 6.09 Å². The van der Waals surface area contributed by atoms with Crippen LogP contribution in [0.15, 0.2) is 12.4 Å². The molecule has 1 rings (SSSR count). The molecule has 0 bridgehead atoms. The van der Waals surface area contributed by atoms with Crippen molar-refractivity contribution in [3.63, 3.8) is 0 Å². The zero-order valence-corrected chi connectivity index (χ0v) is 12.2. The molecule has 7 nitrogen and oxygen atoms in total. The molecule has 0 saturated carbocycles. The fourth-order valence-electron chi connectivity index (χ4n) is 1.26. The van der Waals surface area contributed by atoms with Crippen molar-refractivity contribution < 1.29 is 14.3 Å². The summed E-state index contributed by atoms with van der Waals surface area (Å²) in [4.78, 5) is 31.0. The van der Waals surface area contributed by atoms with Gasteiger partial charge in [-0.15, -0.1) is 0 Å². The average Bonchev–Trinajstić information content (AvgIpc) is 2.33. The van der Waals surface area contributed by atoms with Crippen molar-refractivity contribution in [2.24, 2.45) is 0 Å². The molecule has 0 unspecified atom stereocenters. The Hall–Kier alpha value is -2.18. The molecule has 110 valence electrons. The molecule has 0 radical (unpaired) electrons. The molecule has 1 aromatic rings. The third kappa shape index (κ3) is 6.12. The van der Waals surface area contributed by atoms with Crippen molar-refractivity contribution >= 4 is 12.0 Å². The van der Waals surface area contributed by atoms with E-state index in [1.54, 1.807) is 27.7 Å². The first-order valence-corrected chi connectivity index (χ1v) is 6.31. The lowest BCUT2D eigenvalue weighted by atomic mass is 10.2. The molecular weight excluding hydrogens is 260 g/mol. The SMILES string of the molecule is Cc1cnc(C(=O)NCCNC(=O)OC(C)(C)C)cn1. The molecule has 0 aliphatic carbocycles. The molecular formula is C13H20N4O3. The highest BCUT2D eigenvalue weighted by Crippen LogP contribution is 2.05. The number of aryl methyl sites for hydroxylation is 1. The van der Waals surface area contributed by atoms with Crippen molar-refractivity contribution in [2.75, 3.05) is 13.1 Å². The van der Waals surface area contributed by atoms with Crippen molar-refractivity contribution in [1.82, 2.24) is 20.6 Å². The minimum atomic E-state index is -0.537. The number of hydrogen-bond acceptors (Lipinski definition) is 5. The Bertz CT molecular complexity index is 465. The third-order valence-electron chi connectivity index (χ3n) is 2.09. The molecule has 0 saturated heterocycles. The molecule has 0 aliphatic heterocycles. The molecule has 0 spiro atoms. The minimum absolute atomic E-state index is 0.243. The van der Waals surface area contributed by atoms with E-state index >= 15 is 0 Å². The van der Waals surface area contributed by atoms with Crippen molar-refractivity contribution in [3.05, 3.63) is 23.8 Å². The number of nitrogens with one attached hydrogen (secondary N) is 2. The van der Waals surface area contributed by atoms with Crippen LogP contribution in [-0.4, -0.2) is 40.7 Å². The van der Waals surface area contributed by atoms with Crippen LogP contribution < -0.4 is 10.6 Å². The highest BCUT2D eigenvalue weighted by Gasteiger charge is 2.15. The van der Waals surface area contributed by atoms with Gasteiger partial charge in [0.25, 0.3) is 5.91 Å². The molecule has 7 heteroatoms. The van der Waals surface area contributed by atoms with Gasteiger partial charge in [-0.3, -0.25) is 9.78 Å². The Morgan fingerprint density at radius 1 is 1.15 bits per heavy atom. The van der Waals surface area contributed by atoms with Gasteiger partial charge in [0.1, 0.15) is 11.3 Å². The summed E-state index contributed by atoms with van der Waals surface area (Å²) in [5, 5.41) is 5.17. The van der Waals surface area contributed by atoms with Crippen LogP contribution in [-0.2, 0) is 4.74 Å². The predicted molar refractivity (Wildman–Crippen MR) is 73.3 cm³/mol. The second kappa shape index (κ2) is 6.83. The van der Waals surface area contributed by atoms with E-state index < -0.39 is 11.7 Å². The van der Waals surface area contributed by atoms with Crippen LogP contribution in [0.1, 0.15) is 37.0 Å². The molecule has 1 aromatic heterocycles. The molecule has 0 atom stereocenters. The Balaban J connectivity index is 2.26. The van der Waals surface area contributed by atoms with Crippen LogP contribution in [0.25, 0.3) is 0 Å². The van der Waals surface area contributed by atoms with E-state index in [1.165, 1.54) is 12.4 Å². The number of aromatic nitrogens is 2. The normalized spacial score (nSPS) is 10.8. The summed E-state index contributed by atoms with van der Waals surface area (Å²) in [6.07, 6.45) is 2.42. The van der Waals surface area contributed by atoms with Gasteiger partial charge in [-0.1, -0.05) is 0 Å². The van der Waals surface area contributed by atoms with Crippen LogP contribution >= 0.6 is 0 Å². The van der Waals surface area contributed by atoms with E-state index in [1.807, 2.05) is 0 Å². The van der Waals surface area contributed by atoms with Gasteiger partial charge < -0.3 is 15.4 Å². The number of alkyl carbamates (subject to hydrolysis) is 1. The maximum Gasteiger partial charge on any atom is 0.407 e. The first-order chi connectivity index (χ1) is 9.28. The summed E-state index contributed by atoms with van der Waals surface area (Å²) in [5.74, 6) is -0.330. The van der Waals surface area contributed by atoms with E-state index in [9.17, 15) is 9.59 Å². The standard InChI is InChI=1S/C13H20N4O3/c1-9-7-17-10(8-16-9)11(18)14-5-6-15-12(19)20-13(2,3)4/h7-8H,5-6H2,1-4H3,(H,14,18)(H,15,19). The van der Waals surface area contributed by atoms with E-state index in [0.717, 1.165) is 5.69 Å². The van der Waals surface area contributed by atoms with Crippen LogP contribution in [0.5, 0.6) is 0 Å². The number of rotatable bonds is 4. The zero-order chi connectivity index (χ0) is 15.2. The number of hydrogen-bond donors (Lipinski definition) is 2. The van der Waals surface area contributed by atoms with Crippen LogP contribution in [0.2, 0.25) is 0 Å². The molecule has 1 heterocycles. The van der Waals surface area contributed by atoms with Gasteiger partial charge in [0.05, 0.1) is 11.9 Å². The minimum Gasteiger partial charge on any atom is -0.444 e. The highest BCUT2D eigenvalue weighted by atomic mass is 16.6. The zero-order valence-electron chi connectivity index (χ0n) is 12.2. The van der Waals surface area contributed by atoms with Gasteiger partial charge in [0.15, 0.2) is 0 Å². The Labute approximate surface area is 118 Å². The Morgan fingerprint density at radius 2 is 1.80 bits per heavy atom. The summed E-state index contributed by atoms with van der Waals surface area (Å²) in [7, 11) is 0. The maximum absolute atomic E-state index is 11.7. The third-order valence-corrected chi connectivity index (χ3v) is 2.09. The van der Waals surface area contributed by atoms with Crippen LogP contribution in [0.4, 0.5) is 4.79 Å². The van der Waals surface area contributed by atoms with Crippen LogP contribution in [0, 0.1) is 6.92 Å². The average molecular weight is 280 g/mol. The molecule has 2 N–H and O–H groups in total. The van der Waals surface area contributed by atoms with Crippen molar-refractivity contribution in [1.29, 1.82) is 0 Å². The fraction of sp³-hybridized carbons (Fsp3) is 0.538. The van der Waals surface area contributed by atoms with Gasteiger partial charge in [0, 0.05) is 19.3 Å². The van der Waals surface area contributed by atoms with Crippen molar-refractivity contribution in [3.8, 4) is 0 Å². The number of nitrogens with zero attached hydrogens (tertiary/aromatic N) is 2. The summed E-state index contributed by atoms with van der Waals surface area (Å²) < 4.78 is 5.06. The predicted octanol–water partition coefficient (Wildman–Crippen LogP) is 1.04. The highest BCUT2D eigenvalue weighted by molar-refractivity contribution is 5.91. The number of carbonyl (C=O) groups excluding carboxylic acids is 2. The lowest BCUT2D eigenvalue weighted by Gasteiger charge is -2.19. The Kier molecular flexibility index (Phi) is 5.42. The van der Waals surface area contributed by atoms with Gasteiger partial charge in [-0.05, 0) is 27.7 Å². The van der Waals surface area contributed by atoms with Gasteiger partial charge in [0.2, 0.25) is 0 Å². The molecule has 0 fully saturated rings. The fourth-order valence-corrected chi connectivity index (χ4v) is 1.26. The summed E-state index contributed by atoms with van der Waals surface area (Å²) in [6, 6.07) is 0. The van der Waals surface area contributed by atoms with Crippen molar-refractivity contribution in [2.45, 2.75) is 33.3 Å². The van der Waals surface area contributed by atoms with E-state index in [0.29, 0.717) is 0 Å². The second-order valence-corrected chi connectivity index (χ2v) is 5.23. The summed E-state index contributed by atoms with van der Waals surface area (Å²) in [5.41, 5.74) is 0.450. The first-order valence-electron chi connectivity index (χ1n) is 6.31. The number of ether oxygens (including phenoxy) is 1. The smallest absolute Gasteiger partial charge is 0.407 e. The van der Waals surface area contributed by atoms with Gasteiger partial charge in [-0.2, -0.15) is 0 Å². The lowest BCUT2D eigenvalue weighted by molar-refractivity contribution is 0.0526. The van der Waals surface area contributed by atoms with E-state index in [4.69, 9.17) is 4.74 Å². The van der Waals surface area contributed by atoms with E-state index in [2.05, 4.69) is 20.6 Å². The molecule has 0 aliphatic rings. The molecule has 0 aromatic carbocycles. The van der Waals surface area contributed by atoms with Gasteiger partial charge in [-0.25, -0.2) is 9.78 Å². The number of amides is 2. The lowest BCUT2D eigenvalue weighted by Crippen LogP contribution is -2.38. The first kappa shape index (κ1) is 15.9. The molecule has 20 heavy (non-hydrogen) atoms. The Morgan fingerprint density at radius 3 is 2.35 bits per heavy atom. The largest absolute Gasteiger partial charge is 0.444 e. The number of carbonyl (C=O) groups is 2. The summed E-state index contributed by atoms with van der Waals surface area (Å²) in [6.45, 7) is 7.70. The monoisotopic (exact) mass is 280 g/mol. The van der Waals surface area contributed by atoms with E-state index in [-0.39, 0.29) is 24.7 Å². The second-order valence-electron chi connectivity index (χ2n) is 5.23. The molecule has 2 amide bonds.